The van der Waals surface area contributed by atoms with Crippen LogP contribution in [0, 0.1) is 20.8 Å². The molecule has 36 heavy (non-hydrogen) atoms. The van der Waals surface area contributed by atoms with Crippen LogP contribution in [0.1, 0.15) is 63.2 Å². The van der Waals surface area contributed by atoms with Crippen molar-refractivity contribution in [1.82, 2.24) is 14.8 Å². The van der Waals surface area contributed by atoms with Gasteiger partial charge >= 0.3 is 11.9 Å². The molecule has 0 bridgehead atoms. The lowest BCUT2D eigenvalue weighted by Gasteiger charge is -2.09. The van der Waals surface area contributed by atoms with E-state index >= 15 is 0 Å². The van der Waals surface area contributed by atoms with Gasteiger partial charge in [-0.3, -0.25) is 4.79 Å². The van der Waals surface area contributed by atoms with Crippen LogP contribution in [0.25, 0.3) is 11.4 Å². The summed E-state index contributed by atoms with van der Waals surface area (Å²) in [6.45, 7) is 12.4. The Morgan fingerprint density at radius 2 is 1.72 bits per heavy atom. The predicted molar refractivity (Wildman–Crippen MR) is 143 cm³/mol. The highest BCUT2D eigenvalue weighted by atomic mass is 32.2. The highest BCUT2D eigenvalue weighted by Gasteiger charge is 2.27. The number of esters is 2. The molecule has 0 aliphatic carbocycles. The summed E-state index contributed by atoms with van der Waals surface area (Å²) in [5, 5.41) is 14.5. The Balaban J connectivity index is 1.81. The summed E-state index contributed by atoms with van der Waals surface area (Å²) < 4.78 is 12.3. The fourth-order valence-corrected chi connectivity index (χ4v) is 6.22. The second-order valence-corrected chi connectivity index (χ2v) is 10.9. The number of carbonyl (C=O) groups excluding carboxylic acids is 3. The number of rotatable bonds is 11. The lowest BCUT2D eigenvalue weighted by molar-refractivity contribution is -0.113. The maximum Gasteiger partial charge on any atom is 0.348 e. The van der Waals surface area contributed by atoms with Gasteiger partial charge in [-0.25, -0.2) is 9.59 Å². The van der Waals surface area contributed by atoms with Crippen molar-refractivity contribution in [3.63, 3.8) is 0 Å². The molecule has 194 valence electrons. The van der Waals surface area contributed by atoms with Crippen molar-refractivity contribution in [1.29, 1.82) is 0 Å². The van der Waals surface area contributed by atoms with Gasteiger partial charge in [0.25, 0.3) is 0 Å². The third-order valence-corrected chi connectivity index (χ3v) is 8.53. The molecule has 9 nitrogen and oxygen atoms in total. The van der Waals surface area contributed by atoms with Gasteiger partial charge in [0.15, 0.2) is 11.0 Å². The van der Waals surface area contributed by atoms with Gasteiger partial charge in [0, 0.05) is 22.4 Å². The van der Waals surface area contributed by atoms with Crippen LogP contribution in [-0.4, -0.2) is 51.6 Å². The average molecular weight is 551 g/mol. The molecule has 0 saturated heterocycles. The fourth-order valence-electron chi connectivity index (χ4n) is 3.49. The Morgan fingerprint density at radius 1 is 1.03 bits per heavy atom. The molecule has 0 spiro atoms. The Labute approximate surface area is 222 Å². The topological polar surface area (TPSA) is 112 Å². The zero-order chi connectivity index (χ0) is 26.4. The Bertz CT molecular complexity index is 1260. The molecule has 1 amide bonds. The molecule has 1 N–H and O–H groups in total. The van der Waals surface area contributed by atoms with Crippen molar-refractivity contribution >= 4 is 57.3 Å². The predicted octanol–water partition coefficient (Wildman–Crippen LogP) is 5.49. The molecule has 0 aromatic carbocycles. The van der Waals surface area contributed by atoms with Gasteiger partial charge in [0.1, 0.15) is 9.88 Å². The smallest absolute Gasteiger partial charge is 0.348 e. The van der Waals surface area contributed by atoms with Gasteiger partial charge in [-0.2, -0.15) is 0 Å². The summed E-state index contributed by atoms with van der Waals surface area (Å²) >= 11 is 3.95. The summed E-state index contributed by atoms with van der Waals surface area (Å²) in [5.74, 6) is -0.633. The number of aryl methyl sites for hydroxylation is 1. The van der Waals surface area contributed by atoms with E-state index in [0.717, 1.165) is 35.7 Å². The van der Waals surface area contributed by atoms with Crippen LogP contribution in [0.5, 0.6) is 0 Å². The monoisotopic (exact) mass is 550 g/mol. The van der Waals surface area contributed by atoms with Gasteiger partial charge in [0.2, 0.25) is 5.91 Å². The van der Waals surface area contributed by atoms with E-state index in [1.807, 2.05) is 4.57 Å². The molecule has 3 heterocycles. The molecule has 0 unspecified atom stereocenters. The van der Waals surface area contributed by atoms with E-state index in [-0.39, 0.29) is 40.3 Å². The van der Waals surface area contributed by atoms with Crippen molar-refractivity contribution in [2.45, 2.75) is 59.7 Å². The van der Waals surface area contributed by atoms with E-state index in [1.54, 1.807) is 32.1 Å². The largest absolute Gasteiger partial charge is 0.462 e. The van der Waals surface area contributed by atoms with E-state index in [9.17, 15) is 14.4 Å². The first-order valence-corrected chi connectivity index (χ1v) is 14.3. The molecule has 0 atom stereocenters. The average Bonchev–Trinajstić information content (AvgIpc) is 3.48. The number of anilines is 1. The van der Waals surface area contributed by atoms with Crippen molar-refractivity contribution in [3.05, 3.63) is 31.8 Å². The minimum Gasteiger partial charge on any atom is -0.462 e. The van der Waals surface area contributed by atoms with E-state index in [1.165, 1.54) is 22.2 Å². The highest BCUT2D eigenvalue weighted by Crippen LogP contribution is 2.35. The van der Waals surface area contributed by atoms with Crippen LogP contribution in [0.4, 0.5) is 5.00 Å². The normalized spacial score (nSPS) is 10.9. The molecule has 0 radical (unpaired) electrons. The summed E-state index contributed by atoms with van der Waals surface area (Å²) in [6.07, 6.45) is 0.890. The van der Waals surface area contributed by atoms with Crippen LogP contribution in [0.3, 0.4) is 0 Å². The molecular weight excluding hydrogens is 520 g/mol. The van der Waals surface area contributed by atoms with Gasteiger partial charge < -0.3 is 19.4 Å². The molecule has 3 rings (SSSR count). The lowest BCUT2D eigenvalue weighted by atomic mass is 10.1. The number of ether oxygens (including phenoxy) is 2. The quantitative estimate of drug-likeness (QED) is 0.246. The Morgan fingerprint density at radius 3 is 2.33 bits per heavy atom. The van der Waals surface area contributed by atoms with E-state index in [4.69, 9.17) is 9.47 Å². The van der Waals surface area contributed by atoms with Gasteiger partial charge in [-0.05, 0) is 52.2 Å². The lowest BCUT2D eigenvalue weighted by Crippen LogP contribution is -2.17. The molecule has 12 heteroatoms. The number of amides is 1. The first-order chi connectivity index (χ1) is 17.2. The van der Waals surface area contributed by atoms with Crippen LogP contribution < -0.4 is 5.32 Å². The first-order valence-electron chi connectivity index (χ1n) is 11.6. The molecule has 0 aliphatic rings. The summed E-state index contributed by atoms with van der Waals surface area (Å²) in [4.78, 5) is 39.3. The maximum absolute atomic E-state index is 12.9. The summed E-state index contributed by atoms with van der Waals surface area (Å²) in [5.41, 5.74) is 2.82. The fraction of sp³-hybridized carbons (Fsp3) is 0.458. The number of hydrogen-bond acceptors (Lipinski definition) is 10. The first kappa shape index (κ1) is 27.9. The van der Waals surface area contributed by atoms with Crippen LogP contribution in [-0.2, 0) is 20.8 Å². The van der Waals surface area contributed by atoms with Crippen LogP contribution in [0.2, 0.25) is 0 Å². The summed E-state index contributed by atoms with van der Waals surface area (Å²) in [7, 11) is 0. The van der Waals surface area contributed by atoms with E-state index < -0.39 is 11.9 Å². The SMILES string of the molecule is CCCn1c(SCC(=O)Nc2sc(C(=O)OCC)c(C)c2C(=O)OCC)nnc1-c1csc(C)c1C. The molecule has 0 fully saturated rings. The number of thioether (sulfide) groups is 1. The van der Waals surface area contributed by atoms with Crippen LogP contribution in [0.15, 0.2) is 10.5 Å². The second-order valence-electron chi connectivity index (χ2n) is 7.83. The van der Waals surface area contributed by atoms with Crippen molar-refractivity contribution in [2.24, 2.45) is 0 Å². The van der Waals surface area contributed by atoms with Gasteiger partial charge in [0.05, 0.1) is 24.5 Å². The molecule has 3 aromatic heterocycles. The maximum atomic E-state index is 12.9. The minimum absolute atomic E-state index is 0.0530. The minimum atomic E-state index is -0.599. The Hall–Kier alpha value is -2.70. The molecule has 0 aliphatic heterocycles. The standard InChI is InChI=1S/C24H30N4O5S3/c1-7-10-28-20(16-11-34-15(6)13(16)4)26-27-24(28)35-12-17(29)25-21-18(22(30)32-8-2)14(5)19(36-21)23(31)33-9-3/h11H,7-10,12H2,1-6H3,(H,25,29). The highest BCUT2D eigenvalue weighted by molar-refractivity contribution is 7.99. The molecular formula is C24H30N4O5S3. The number of carbonyl (C=O) groups is 3. The molecule has 0 saturated carbocycles. The number of aromatic nitrogens is 3. The molecule has 3 aromatic rings. The second kappa shape index (κ2) is 12.5. The zero-order valence-corrected chi connectivity index (χ0v) is 23.7. The van der Waals surface area contributed by atoms with Crippen LogP contribution >= 0.6 is 34.4 Å². The van der Waals surface area contributed by atoms with Gasteiger partial charge in [-0.1, -0.05) is 18.7 Å². The van der Waals surface area contributed by atoms with Gasteiger partial charge in [-0.15, -0.1) is 32.9 Å². The number of nitrogens with zero attached hydrogens (tertiary/aromatic N) is 3. The third kappa shape index (κ3) is 5.98. The number of thiophene rings is 2. The van der Waals surface area contributed by atoms with Crippen molar-refractivity contribution in [3.8, 4) is 11.4 Å². The Kier molecular flexibility index (Phi) is 9.69. The zero-order valence-electron chi connectivity index (χ0n) is 21.2. The van der Waals surface area contributed by atoms with E-state index in [0.29, 0.717) is 10.7 Å². The number of hydrogen-bond donors (Lipinski definition) is 1. The summed E-state index contributed by atoms with van der Waals surface area (Å²) in [6, 6.07) is 0. The number of nitrogens with one attached hydrogen (secondary N) is 1. The van der Waals surface area contributed by atoms with Crippen molar-refractivity contribution < 1.29 is 23.9 Å². The van der Waals surface area contributed by atoms with Crippen molar-refractivity contribution in [2.75, 3.05) is 24.3 Å². The van der Waals surface area contributed by atoms with E-state index in [2.05, 4.69) is 41.7 Å². The third-order valence-electron chi connectivity index (χ3n) is 5.36.